The summed E-state index contributed by atoms with van der Waals surface area (Å²) in [6.45, 7) is 1.66. The number of carbonyl (C=O) groups excluding carboxylic acids is 1. The predicted octanol–water partition coefficient (Wildman–Crippen LogP) is 3.80. The summed E-state index contributed by atoms with van der Waals surface area (Å²) in [7, 11) is 0. The normalized spacial score (nSPS) is 20.0. The topological polar surface area (TPSA) is 78.7 Å². The summed E-state index contributed by atoms with van der Waals surface area (Å²) in [5, 5.41) is 7.46. The number of amides is 1. The Morgan fingerprint density at radius 1 is 1.03 bits per heavy atom. The van der Waals surface area contributed by atoms with Crippen LogP contribution in [0.3, 0.4) is 0 Å². The number of alkyl halides is 1. The van der Waals surface area contributed by atoms with Crippen molar-refractivity contribution in [3.8, 4) is 0 Å². The van der Waals surface area contributed by atoms with Crippen LogP contribution < -0.4 is 15.1 Å². The van der Waals surface area contributed by atoms with Gasteiger partial charge in [0.25, 0.3) is 0 Å². The summed E-state index contributed by atoms with van der Waals surface area (Å²) in [6.07, 6.45) is 5.88. The summed E-state index contributed by atoms with van der Waals surface area (Å²) in [5.74, 6) is -0.725. The van der Waals surface area contributed by atoms with Crippen molar-refractivity contribution in [2.24, 2.45) is 0 Å². The Labute approximate surface area is 216 Å². The lowest BCUT2D eigenvalue weighted by atomic mass is 10.0. The molecule has 11 heteroatoms. The molecule has 2 aliphatic rings. The summed E-state index contributed by atoms with van der Waals surface area (Å²) in [4.78, 5) is 24.1. The van der Waals surface area contributed by atoms with Gasteiger partial charge in [0, 0.05) is 25.1 Å². The van der Waals surface area contributed by atoms with Crippen molar-refractivity contribution >= 4 is 35.2 Å². The van der Waals surface area contributed by atoms with Gasteiger partial charge in [-0.05, 0) is 54.6 Å². The molecule has 0 spiro atoms. The maximum absolute atomic E-state index is 14.5. The Hall–Kier alpha value is -4.41. The highest BCUT2D eigenvalue weighted by Crippen LogP contribution is 2.38. The number of hydrogen-bond acceptors (Lipinski definition) is 6. The number of nitrogens with one attached hydrogen (secondary N) is 1. The second kappa shape index (κ2) is 9.81. The first kappa shape index (κ1) is 24.0. The Kier molecular flexibility index (Phi) is 6.18. The van der Waals surface area contributed by atoms with Crippen molar-refractivity contribution in [2.75, 3.05) is 36.0 Å². The zero-order chi connectivity index (χ0) is 26.2. The standard InChI is InChI=1S/C27H24F3N7O/c28-17-1-6-23(30)22(11-17)24-12-18(29)15-36(24)26-8-7-25-33-14-21(37(25)34-26)5-3-19-2-4-20(13-32-19)35-10-9-31-27(38)16-35/h1-8,11,13-14,18,24H,9-10,12,15-16H2,(H,31,38)/b5-3+/t18-,24+/m0/s1. The number of fused-ring (bicyclic) bond motifs is 1. The summed E-state index contributed by atoms with van der Waals surface area (Å²) < 4.78 is 44.5. The van der Waals surface area contributed by atoms with Gasteiger partial charge in [0.15, 0.2) is 5.65 Å². The van der Waals surface area contributed by atoms with Crippen molar-refractivity contribution in [3.05, 3.63) is 83.4 Å². The van der Waals surface area contributed by atoms with Crippen LogP contribution >= 0.6 is 0 Å². The van der Waals surface area contributed by atoms with Gasteiger partial charge in [0.05, 0.1) is 48.6 Å². The number of halogens is 3. The van der Waals surface area contributed by atoms with Crippen molar-refractivity contribution in [3.63, 3.8) is 0 Å². The third kappa shape index (κ3) is 4.67. The first-order chi connectivity index (χ1) is 18.4. The van der Waals surface area contributed by atoms with Gasteiger partial charge in [-0.3, -0.25) is 9.78 Å². The maximum atomic E-state index is 14.5. The second-order valence-corrected chi connectivity index (χ2v) is 9.36. The van der Waals surface area contributed by atoms with E-state index in [0.29, 0.717) is 35.9 Å². The molecule has 2 aliphatic heterocycles. The first-order valence-electron chi connectivity index (χ1n) is 12.3. The molecule has 0 bridgehead atoms. The summed E-state index contributed by atoms with van der Waals surface area (Å²) in [6, 6.07) is 9.80. The van der Waals surface area contributed by atoms with E-state index in [2.05, 4.69) is 20.4 Å². The smallest absolute Gasteiger partial charge is 0.239 e. The molecule has 38 heavy (non-hydrogen) atoms. The lowest BCUT2D eigenvalue weighted by Crippen LogP contribution is -2.47. The van der Waals surface area contributed by atoms with Crippen LogP contribution in [0.15, 0.2) is 54.9 Å². The number of rotatable bonds is 5. The lowest BCUT2D eigenvalue weighted by Gasteiger charge is -2.28. The third-order valence-electron chi connectivity index (χ3n) is 6.84. The molecule has 3 aromatic heterocycles. The van der Waals surface area contributed by atoms with Crippen LogP contribution in [0.1, 0.15) is 29.4 Å². The van der Waals surface area contributed by atoms with Gasteiger partial charge in [-0.2, -0.15) is 0 Å². The number of anilines is 2. The SMILES string of the molecule is O=C1CN(c2ccc(/C=C/c3cnc4ccc(N5C[C@@H](F)C[C@@H]5c5cc(F)ccc5F)nn34)nc2)CCN1. The average molecular weight is 520 g/mol. The molecular weight excluding hydrogens is 495 g/mol. The molecule has 1 amide bonds. The molecule has 2 fully saturated rings. The van der Waals surface area contributed by atoms with E-state index in [9.17, 15) is 18.0 Å². The van der Waals surface area contributed by atoms with Crippen molar-refractivity contribution in [2.45, 2.75) is 18.6 Å². The molecule has 2 saturated heterocycles. The number of aromatic nitrogens is 4. The third-order valence-corrected chi connectivity index (χ3v) is 6.84. The summed E-state index contributed by atoms with van der Waals surface area (Å²) in [5.41, 5.74) is 2.95. The van der Waals surface area contributed by atoms with Crippen molar-refractivity contribution in [1.82, 2.24) is 24.9 Å². The number of benzene rings is 1. The Bertz CT molecular complexity index is 1520. The van der Waals surface area contributed by atoms with Crippen molar-refractivity contribution in [1.29, 1.82) is 0 Å². The Balaban J connectivity index is 1.25. The van der Waals surface area contributed by atoms with Gasteiger partial charge in [0.2, 0.25) is 5.91 Å². The number of hydrogen-bond donors (Lipinski definition) is 1. The Morgan fingerprint density at radius 3 is 2.74 bits per heavy atom. The van der Waals surface area contributed by atoms with Crippen LogP contribution in [0, 0.1) is 11.6 Å². The molecule has 0 aliphatic carbocycles. The minimum absolute atomic E-state index is 0.0111. The molecule has 194 valence electrons. The van der Waals surface area contributed by atoms with Crippen LogP contribution in [0.2, 0.25) is 0 Å². The molecule has 2 atom stereocenters. The van der Waals surface area contributed by atoms with Crippen LogP contribution in [0.25, 0.3) is 17.8 Å². The van der Waals surface area contributed by atoms with E-state index in [0.717, 1.165) is 30.4 Å². The predicted molar refractivity (Wildman–Crippen MR) is 137 cm³/mol. The van der Waals surface area contributed by atoms with E-state index in [1.807, 2.05) is 29.2 Å². The lowest BCUT2D eigenvalue weighted by molar-refractivity contribution is -0.120. The summed E-state index contributed by atoms with van der Waals surface area (Å²) >= 11 is 0. The van der Waals surface area contributed by atoms with E-state index in [-0.39, 0.29) is 24.4 Å². The molecule has 0 saturated carbocycles. The quantitative estimate of drug-likeness (QED) is 0.432. The van der Waals surface area contributed by atoms with Gasteiger partial charge in [0.1, 0.15) is 23.6 Å². The molecule has 1 aromatic carbocycles. The van der Waals surface area contributed by atoms with Gasteiger partial charge in [-0.25, -0.2) is 22.7 Å². The highest BCUT2D eigenvalue weighted by atomic mass is 19.1. The number of nitrogens with zero attached hydrogens (tertiary/aromatic N) is 6. The number of piperazine rings is 1. The fourth-order valence-corrected chi connectivity index (χ4v) is 4.96. The average Bonchev–Trinajstić information content (AvgIpc) is 3.52. The maximum Gasteiger partial charge on any atom is 0.239 e. The highest BCUT2D eigenvalue weighted by molar-refractivity contribution is 5.82. The molecule has 8 nitrogen and oxygen atoms in total. The highest BCUT2D eigenvalue weighted by Gasteiger charge is 2.36. The van der Waals surface area contributed by atoms with E-state index >= 15 is 0 Å². The number of imidazole rings is 1. The van der Waals surface area contributed by atoms with Gasteiger partial charge in [-0.15, -0.1) is 5.10 Å². The first-order valence-corrected chi connectivity index (χ1v) is 12.3. The minimum atomic E-state index is -1.20. The zero-order valence-electron chi connectivity index (χ0n) is 20.3. The number of pyridine rings is 1. The van der Waals surface area contributed by atoms with E-state index in [1.54, 1.807) is 33.9 Å². The largest absolute Gasteiger partial charge is 0.359 e. The van der Waals surface area contributed by atoms with E-state index < -0.39 is 23.8 Å². The van der Waals surface area contributed by atoms with Crippen LogP contribution in [-0.2, 0) is 4.79 Å². The van der Waals surface area contributed by atoms with Crippen LogP contribution in [-0.4, -0.2) is 57.8 Å². The zero-order valence-corrected chi connectivity index (χ0v) is 20.3. The molecule has 0 radical (unpaired) electrons. The van der Waals surface area contributed by atoms with Gasteiger partial charge >= 0.3 is 0 Å². The minimum Gasteiger partial charge on any atom is -0.359 e. The molecule has 0 unspecified atom stereocenters. The Morgan fingerprint density at radius 2 is 1.92 bits per heavy atom. The molecule has 5 heterocycles. The van der Waals surface area contributed by atoms with Crippen LogP contribution in [0.4, 0.5) is 24.7 Å². The van der Waals surface area contributed by atoms with Gasteiger partial charge in [-0.1, -0.05) is 0 Å². The molecule has 4 aromatic rings. The van der Waals surface area contributed by atoms with E-state index in [1.165, 1.54) is 0 Å². The van der Waals surface area contributed by atoms with Crippen LogP contribution in [0.5, 0.6) is 0 Å². The second-order valence-electron chi connectivity index (χ2n) is 9.36. The number of carbonyl (C=O) groups is 1. The molecular formula is C27H24F3N7O. The van der Waals surface area contributed by atoms with E-state index in [4.69, 9.17) is 0 Å². The van der Waals surface area contributed by atoms with Crippen molar-refractivity contribution < 1.29 is 18.0 Å². The fourth-order valence-electron chi connectivity index (χ4n) is 4.96. The monoisotopic (exact) mass is 519 g/mol. The molecule has 6 rings (SSSR count). The van der Waals surface area contributed by atoms with Gasteiger partial charge < -0.3 is 15.1 Å². The molecule has 1 N–H and O–H groups in total. The fraction of sp³-hybridized carbons (Fsp3) is 0.259.